The van der Waals surface area contributed by atoms with Gasteiger partial charge in [0, 0.05) is 26.2 Å². The van der Waals surface area contributed by atoms with Crippen LogP contribution in [0.1, 0.15) is 17.2 Å². The molecule has 3 rings (SSSR count). The summed E-state index contributed by atoms with van der Waals surface area (Å²) in [5.74, 6) is 0.815. The number of nitrogens with zero attached hydrogens (tertiary/aromatic N) is 1. The number of benzene rings is 2. The maximum absolute atomic E-state index is 13.5. The lowest BCUT2D eigenvalue weighted by molar-refractivity contribution is 0.147. The number of hydrogen-bond donors (Lipinski definition) is 1. The zero-order chi connectivity index (χ0) is 15.9. The second kappa shape index (κ2) is 9.62. The van der Waals surface area contributed by atoms with Gasteiger partial charge in [-0.1, -0.05) is 42.5 Å². The number of nitrogens with one attached hydrogen (secondary N) is 1. The first-order valence-corrected chi connectivity index (χ1v) is 8.14. The highest BCUT2D eigenvalue weighted by Crippen LogP contribution is 2.24. The summed E-state index contributed by atoms with van der Waals surface area (Å²) in [5.41, 5.74) is 2.15. The lowest BCUT2D eigenvalue weighted by Gasteiger charge is -2.33. The van der Waals surface area contributed by atoms with Crippen molar-refractivity contribution < 1.29 is 9.13 Å². The predicted octanol–water partition coefficient (Wildman–Crippen LogP) is 3.60. The average Bonchev–Trinajstić information content (AvgIpc) is 2.63. The standard InChI is InChI=1S/C19H23FN2O.ClH/c20-14-19(22-12-10-21-11-13-22)17-6-8-18(9-7-17)23-15-16-4-2-1-3-5-16;/h1-9,19,21H,10-15H2;1H/t19-;/m1./s1. The molecule has 5 heteroatoms. The molecule has 1 saturated heterocycles. The minimum atomic E-state index is -0.357. The molecule has 0 unspecified atom stereocenters. The van der Waals surface area contributed by atoms with Gasteiger partial charge < -0.3 is 10.1 Å². The van der Waals surface area contributed by atoms with Crippen molar-refractivity contribution in [3.8, 4) is 5.75 Å². The lowest BCUT2D eigenvalue weighted by atomic mass is 10.1. The molecule has 0 aromatic heterocycles. The Bertz CT molecular complexity index is 588. The second-order valence-corrected chi connectivity index (χ2v) is 5.80. The Morgan fingerprint density at radius 3 is 2.29 bits per heavy atom. The fourth-order valence-corrected chi connectivity index (χ4v) is 2.92. The van der Waals surface area contributed by atoms with E-state index < -0.39 is 0 Å². The van der Waals surface area contributed by atoms with Crippen molar-refractivity contribution in [3.05, 3.63) is 65.7 Å². The molecule has 1 fully saturated rings. The zero-order valence-electron chi connectivity index (χ0n) is 13.7. The number of halogens is 2. The van der Waals surface area contributed by atoms with Crippen LogP contribution in [0.15, 0.2) is 54.6 Å². The minimum absolute atomic E-state index is 0. The lowest BCUT2D eigenvalue weighted by Crippen LogP contribution is -2.45. The Kier molecular flexibility index (Phi) is 7.50. The molecule has 1 N–H and O–H groups in total. The highest BCUT2D eigenvalue weighted by Gasteiger charge is 2.21. The van der Waals surface area contributed by atoms with Crippen molar-refractivity contribution in [1.29, 1.82) is 0 Å². The van der Waals surface area contributed by atoms with Gasteiger partial charge in [-0.3, -0.25) is 4.90 Å². The van der Waals surface area contributed by atoms with Crippen LogP contribution in [0.3, 0.4) is 0 Å². The Morgan fingerprint density at radius 2 is 1.67 bits per heavy atom. The molecule has 130 valence electrons. The summed E-state index contributed by atoms with van der Waals surface area (Å²) < 4.78 is 19.3. The Morgan fingerprint density at radius 1 is 1.00 bits per heavy atom. The van der Waals surface area contributed by atoms with E-state index in [0.29, 0.717) is 6.61 Å². The van der Waals surface area contributed by atoms with E-state index in [2.05, 4.69) is 10.2 Å². The quantitative estimate of drug-likeness (QED) is 0.861. The van der Waals surface area contributed by atoms with Crippen LogP contribution < -0.4 is 10.1 Å². The summed E-state index contributed by atoms with van der Waals surface area (Å²) >= 11 is 0. The highest BCUT2D eigenvalue weighted by molar-refractivity contribution is 5.85. The van der Waals surface area contributed by atoms with E-state index in [-0.39, 0.29) is 25.1 Å². The van der Waals surface area contributed by atoms with Crippen molar-refractivity contribution in [1.82, 2.24) is 10.2 Å². The molecule has 0 saturated carbocycles. The Labute approximate surface area is 149 Å². The number of alkyl halides is 1. The molecule has 2 aromatic carbocycles. The average molecular weight is 351 g/mol. The van der Waals surface area contributed by atoms with E-state index in [9.17, 15) is 4.39 Å². The van der Waals surface area contributed by atoms with E-state index >= 15 is 0 Å². The molecule has 24 heavy (non-hydrogen) atoms. The SMILES string of the molecule is Cl.FC[C@H](c1ccc(OCc2ccccc2)cc1)N1CCNCC1. The van der Waals surface area contributed by atoms with Crippen LogP contribution in [0.2, 0.25) is 0 Å². The fourth-order valence-electron chi connectivity index (χ4n) is 2.92. The van der Waals surface area contributed by atoms with Crippen molar-refractivity contribution in [2.24, 2.45) is 0 Å². The monoisotopic (exact) mass is 350 g/mol. The third-order valence-electron chi connectivity index (χ3n) is 4.25. The van der Waals surface area contributed by atoms with Crippen LogP contribution in [-0.4, -0.2) is 37.8 Å². The Balaban J connectivity index is 0.00000208. The normalized spacial score (nSPS) is 16.2. The van der Waals surface area contributed by atoms with Gasteiger partial charge in [-0.2, -0.15) is 0 Å². The van der Waals surface area contributed by atoms with Gasteiger partial charge in [-0.05, 0) is 23.3 Å². The number of piperazine rings is 1. The first-order valence-electron chi connectivity index (χ1n) is 8.14. The third kappa shape index (κ3) is 4.94. The van der Waals surface area contributed by atoms with E-state index in [4.69, 9.17) is 4.74 Å². The summed E-state index contributed by atoms with van der Waals surface area (Å²) in [7, 11) is 0. The molecule has 1 atom stereocenters. The second-order valence-electron chi connectivity index (χ2n) is 5.80. The molecular formula is C19H24ClFN2O. The molecule has 1 aliphatic rings. The van der Waals surface area contributed by atoms with E-state index in [1.54, 1.807) is 0 Å². The molecule has 0 aliphatic carbocycles. The van der Waals surface area contributed by atoms with Crippen molar-refractivity contribution in [2.75, 3.05) is 32.9 Å². The largest absolute Gasteiger partial charge is 0.489 e. The molecule has 0 spiro atoms. The Hall–Kier alpha value is -1.62. The third-order valence-corrected chi connectivity index (χ3v) is 4.25. The van der Waals surface area contributed by atoms with Gasteiger partial charge in [0.1, 0.15) is 19.0 Å². The van der Waals surface area contributed by atoms with E-state index in [1.807, 2.05) is 54.6 Å². The number of rotatable bonds is 6. The van der Waals surface area contributed by atoms with Gasteiger partial charge in [0.25, 0.3) is 0 Å². The summed E-state index contributed by atoms with van der Waals surface area (Å²) in [6.45, 7) is 3.82. The van der Waals surface area contributed by atoms with Crippen LogP contribution in [0, 0.1) is 0 Å². The van der Waals surface area contributed by atoms with Crippen molar-refractivity contribution in [2.45, 2.75) is 12.6 Å². The van der Waals surface area contributed by atoms with Crippen molar-refractivity contribution in [3.63, 3.8) is 0 Å². The van der Waals surface area contributed by atoms with Gasteiger partial charge in [-0.15, -0.1) is 12.4 Å². The summed E-state index contributed by atoms with van der Waals surface area (Å²) in [6.07, 6.45) is 0. The van der Waals surface area contributed by atoms with Gasteiger partial charge in [0.2, 0.25) is 0 Å². The van der Waals surface area contributed by atoms with Gasteiger partial charge in [0.15, 0.2) is 0 Å². The minimum Gasteiger partial charge on any atom is -0.489 e. The first-order chi connectivity index (χ1) is 11.4. The summed E-state index contributed by atoms with van der Waals surface area (Å²) in [4.78, 5) is 2.20. The van der Waals surface area contributed by atoms with Gasteiger partial charge in [-0.25, -0.2) is 4.39 Å². The summed E-state index contributed by atoms with van der Waals surface area (Å²) in [6, 6.07) is 17.7. The number of hydrogen-bond acceptors (Lipinski definition) is 3. The topological polar surface area (TPSA) is 24.5 Å². The smallest absolute Gasteiger partial charge is 0.119 e. The maximum Gasteiger partial charge on any atom is 0.119 e. The van der Waals surface area contributed by atoms with Gasteiger partial charge in [0.05, 0.1) is 6.04 Å². The van der Waals surface area contributed by atoms with Crippen LogP contribution in [0.4, 0.5) is 4.39 Å². The number of ether oxygens (including phenoxy) is 1. The molecule has 0 bridgehead atoms. The predicted molar refractivity (Wildman–Crippen MR) is 97.6 cm³/mol. The van der Waals surface area contributed by atoms with E-state index in [1.165, 1.54) is 0 Å². The first kappa shape index (κ1) is 18.7. The molecule has 2 aromatic rings. The van der Waals surface area contributed by atoms with Crippen LogP contribution in [0.25, 0.3) is 0 Å². The molecule has 3 nitrogen and oxygen atoms in total. The fraction of sp³-hybridized carbons (Fsp3) is 0.368. The molecule has 1 aliphatic heterocycles. The molecular weight excluding hydrogens is 327 g/mol. The van der Waals surface area contributed by atoms with Crippen LogP contribution >= 0.6 is 12.4 Å². The van der Waals surface area contributed by atoms with Crippen LogP contribution in [-0.2, 0) is 6.61 Å². The maximum atomic E-state index is 13.5. The van der Waals surface area contributed by atoms with Crippen LogP contribution in [0.5, 0.6) is 5.75 Å². The van der Waals surface area contributed by atoms with E-state index in [0.717, 1.165) is 43.1 Å². The molecule has 0 amide bonds. The van der Waals surface area contributed by atoms with Gasteiger partial charge >= 0.3 is 0 Å². The summed E-state index contributed by atoms with van der Waals surface area (Å²) in [5, 5.41) is 3.30. The zero-order valence-corrected chi connectivity index (χ0v) is 14.5. The van der Waals surface area contributed by atoms with Crippen molar-refractivity contribution >= 4 is 12.4 Å². The highest BCUT2D eigenvalue weighted by atomic mass is 35.5. The molecule has 0 radical (unpaired) electrons. The molecule has 1 heterocycles.